The van der Waals surface area contributed by atoms with Gasteiger partial charge < -0.3 is 4.90 Å². The number of nitrogens with zero attached hydrogens (tertiary/aromatic N) is 1. The van der Waals surface area contributed by atoms with Crippen molar-refractivity contribution in [3.05, 3.63) is 0 Å². The molecule has 0 amide bonds. The fourth-order valence-corrected chi connectivity index (χ4v) is 1.14. The van der Waals surface area contributed by atoms with Gasteiger partial charge in [-0.1, -0.05) is 36.2 Å². The third-order valence-electron chi connectivity index (χ3n) is 1.80. The molecule has 1 atom stereocenters. The lowest BCUT2D eigenvalue weighted by atomic mass is 10.3. The van der Waals surface area contributed by atoms with Crippen LogP contribution in [0.1, 0.15) is 33.1 Å². The van der Waals surface area contributed by atoms with Crippen LogP contribution in [0.5, 0.6) is 0 Å². The monoisotopic (exact) mass is 221 g/mol. The van der Waals surface area contributed by atoms with Crippen molar-refractivity contribution in [2.24, 2.45) is 0 Å². The van der Waals surface area contributed by atoms with Crippen LogP contribution >= 0.6 is 15.9 Å². The molecule has 0 N–H and O–H groups in total. The minimum absolute atomic E-state index is 0.659. The highest BCUT2D eigenvalue weighted by atomic mass is 79.9. The maximum Gasteiger partial charge on any atom is 0.0129 e. The Morgan fingerprint density at radius 3 is 2.45 bits per heavy atom. The van der Waals surface area contributed by atoms with Gasteiger partial charge in [0.05, 0.1) is 0 Å². The van der Waals surface area contributed by atoms with Crippen molar-refractivity contribution >= 4 is 15.9 Å². The lowest BCUT2D eigenvalue weighted by Crippen LogP contribution is -2.22. The predicted octanol–water partition coefficient (Wildman–Crippen LogP) is 2.89. The molecule has 0 radical (unpaired) electrons. The zero-order valence-electron chi connectivity index (χ0n) is 7.94. The first kappa shape index (κ1) is 11.4. The second-order valence-electron chi connectivity index (χ2n) is 3.23. The Morgan fingerprint density at radius 2 is 2.00 bits per heavy atom. The smallest absolute Gasteiger partial charge is 0.0129 e. The summed E-state index contributed by atoms with van der Waals surface area (Å²) in [5, 5.41) is 0. The Labute approximate surface area is 79.3 Å². The molecule has 11 heavy (non-hydrogen) atoms. The van der Waals surface area contributed by atoms with Crippen LogP contribution in [0.2, 0.25) is 0 Å². The van der Waals surface area contributed by atoms with E-state index >= 15 is 0 Å². The molecule has 0 aromatic rings. The molecule has 0 aromatic carbocycles. The molecule has 1 nitrogen and oxygen atoms in total. The van der Waals surface area contributed by atoms with Crippen molar-refractivity contribution in [2.45, 2.75) is 37.9 Å². The average molecular weight is 222 g/mol. The van der Waals surface area contributed by atoms with Crippen LogP contribution in [-0.4, -0.2) is 29.9 Å². The molecule has 2 heteroatoms. The van der Waals surface area contributed by atoms with E-state index in [0.717, 1.165) is 0 Å². The predicted molar refractivity (Wildman–Crippen MR) is 55.4 cm³/mol. The van der Waals surface area contributed by atoms with Gasteiger partial charge in [-0.15, -0.1) is 0 Å². The molecule has 0 rings (SSSR count). The Balaban J connectivity index is 3.15. The van der Waals surface area contributed by atoms with E-state index in [9.17, 15) is 0 Å². The molecule has 0 fully saturated rings. The topological polar surface area (TPSA) is 3.24 Å². The molecule has 0 saturated heterocycles. The second kappa shape index (κ2) is 7.11. The zero-order chi connectivity index (χ0) is 8.69. The van der Waals surface area contributed by atoms with Gasteiger partial charge >= 0.3 is 0 Å². The van der Waals surface area contributed by atoms with E-state index in [1.807, 2.05) is 0 Å². The molecule has 0 bridgehead atoms. The summed E-state index contributed by atoms with van der Waals surface area (Å²) in [6, 6.07) is 0. The van der Waals surface area contributed by atoms with Crippen LogP contribution in [-0.2, 0) is 0 Å². The highest BCUT2D eigenvalue weighted by Gasteiger charge is 1.99. The van der Waals surface area contributed by atoms with E-state index in [-0.39, 0.29) is 0 Å². The van der Waals surface area contributed by atoms with Gasteiger partial charge in [-0.25, -0.2) is 0 Å². The fourth-order valence-electron chi connectivity index (χ4n) is 0.938. The summed E-state index contributed by atoms with van der Waals surface area (Å²) in [7, 11) is 2.20. The summed E-state index contributed by atoms with van der Waals surface area (Å²) < 4.78 is 0. The van der Waals surface area contributed by atoms with Crippen molar-refractivity contribution in [3.63, 3.8) is 0 Å². The Morgan fingerprint density at radius 1 is 1.36 bits per heavy atom. The van der Waals surface area contributed by atoms with Crippen LogP contribution < -0.4 is 0 Å². The number of unbranched alkanes of at least 4 members (excludes halogenated alkanes) is 1. The number of hydrogen-bond donors (Lipinski definition) is 0. The fraction of sp³-hybridized carbons (Fsp3) is 1.00. The molecule has 0 spiro atoms. The lowest BCUT2D eigenvalue weighted by molar-refractivity contribution is 0.324. The molecule has 0 aromatic heterocycles. The van der Waals surface area contributed by atoms with E-state index in [0.29, 0.717) is 4.83 Å². The largest absolute Gasteiger partial charge is 0.306 e. The van der Waals surface area contributed by atoms with E-state index in [1.165, 1.54) is 32.4 Å². The summed E-state index contributed by atoms with van der Waals surface area (Å²) in [5.41, 5.74) is 0. The van der Waals surface area contributed by atoms with Crippen LogP contribution in [0, 0.1) is 0 Å². The SMILES string of the molecule is CCCCN(C)CCC(C)Br. The van der Waals surface area contributed by atoms with E-state index < -0.39 is 0 Å². The normalized spacial score (nSPS) is 13.9. The first-order valence-electron chi connectivity index (χ1n) is 4.49. The van der Waals surface area contributed by atoms with E-state index in [1.54, 1.807) is 0 Å². The summed E-state index contributed by atoms with van der Waals surface area (Å²) in [5.74, 6) is 0. The Kier molecular flexibility index (Phi) is 7.39. The first-order valence-corrected chi connectivity index (χ1v) is 5.41. The van der Waals surface area contributed by atoms with Crippen LogP contribution in [0.3, 0.4) is 0 Å². The minimum Gasteiger partial charge on any atom is -0.306 e. The highest BCUT2D eigenvalue weighted by Crippen LogP contribution is 2.04. The third-order valence-corrected chi connectivity index (χ3v) is 2.26. The summed E-state index contributed by atoms with van der Waals surface area (Å²) >= 11 is 3.54. The van der Waals surface area contributed by atoms with Crippen LogP contribution in [0.4, 0.5) is 0 Å². The van der Waals surface area contributed by atoms with Gasteiger partial charge in [0.1, 0.15) is 0 Å². The van der Waals surface area contributed by atoms with Crippen molar-refractivity contribution in [2.75, 3.05) is 20.1 Å². The van der Waals surface area contributed by atoms with Crippen molar-refractivity contribution in [3.8, 4) is 0 Å². The maximum atomic E-state index is 3.54. The summed E-state index contributed by atoms with van der Waals surface area (Å²) in [6.45, 7) is 6.90. The minimum atomic E-state index is 0.659. The van der Waals surface area contributed by atoms with Gasteiger partial charge in [0, 0.05) is 4.83 Å². The van der Waals surface area contributed by atoms with Crippen molar-refractivity contribution in [1.29, 1.82) is 0 Å². The Hall–Kier alpha value is 0.440. The number of halogens is 1. The maximum absolute atomic E-state index is 3.54. The molecule has 0 aliphatic carbocycles. The summed E-state index contributed by atoms with van der Waals surface area (Å²) in [6.07, 6.45) is 3.88. The van der Waals surface area contributed by atoms with E-state index in [2.05, 4.69) is 41.7 Å². The molecule has 0 saturated carbocycles. The van der Waals surface area contributed by atoms with Crippen LogP contribution in [0.25, 0.3) is 0 Å². The first-order chi connectivity index (χ1) is 5.16. The standard InChI is InChI=1S/C9H20BrN/c1-4-5-7-11(3)8-6-9(2)10/h9H,4-8H2,1-3H3. The molecular weight excluding hydrogens is 202 g/mol. The van der Waals surface area contributed by atoms with Gasteiger partial charge in [-0.2, -0.15) is 0 Å². The molecule has 0 aliphatic rings. The second-order valence-corrected chi connectivity index (χ2v) is 4.79. The molecular formula is C9H20BrN. The molecule has 0 aliphatic heterocycles. The molecule has 68 valence electrons. The number of hydrogen-bond acceptors (Lipinski definition) is 1. The zero-order valence-corrected chi connectivity index (χ0v) is 9.52. The van der Waals surface area contributed by atoms with Crippen molar-refractivity contribution < 1.29 is 0 Å². The van der Waals surface area contributed by atoms with Gasteiger partial charge in [0.2, 0.25) is 0 Å². The molecule has 1 unspecified atom stereocenters. The molecule has 0 heterocycles. The van der Waals surface area contributed by atoms with E-state index in [4.69, 9.17) is 0 Å². The van der Waals surface area contributed by atoms with Gasteiger partial charge in [-0.3, -0.25) is 0 Å². The third kappa shape index (κ3) is 8.35. The van der Waals surface area contributed by atoms with Gasteiger partial charge in [-0.05, 0) is 33.0 Å². The van der Waals surface area contributed by atoms with Gasteiger partial charge in [0.25, 0.3) is 0 Å². The average Bonchev–Trinajstić information content (AvgIpc) is 1.97. The number of alkyl halides is 1. The summed E-state index contributed by atoms with van der Waals surface area (Å²) in [4.78, 5) is 3.06. The Bertz CT molecular complexity index is 83.6. The van der Waals surface area contributed by atoms with Gasteiger partial charge in [0.15, 0.2) is 0 Å². The quantitative estimate of drug-likeness (QED) is 0.624. The highest BCUT2D eigenvalue weighted by molar-refractivity contribution is 9.09. The lowest BCUT2D eigenvalue weighted by Gasteiger charge is -2.16. The number of rotatable bonds is 6. The van der Waals surface area contributed by atoms with Crippen LogP contribution in [0.15, 0.2) is 0 Å². The van der Waals surface area contributed by atoms with Crippen molar-refractivity contribution in [1.82, 2.24) is 4.90 Å².